The Hall–Kier alpha value is -2.33. The van der Waals surface area contributed by atoms with E-state index in [-0.39, 0.29) is 17.9 Å². The van der Waals surface area contributed by atoms with E-state index in [1.807, 2.05) is 55.5 Å². The first kappa shape index (κ1) is 14.6. The van der Waals surface area contributed by atoms with Gasteiger partial charge in [-0.3, -0.25) is 4.79 Å². The molecule has 0 aromatic heterocycles. The molecular weight excluding hydrogens is 278 g/mol. The highest BCUT2D eigenvalue weighted by Gasteiger charge is 2.32. The summed E-state index contributed by atoms with van der Waals surface area (Å²) in [7, 11) is 1.63. The molecule has 4 heteroatoms. The van der Waals surface area contributed by atoms with E-state index in [2.05, 4.69) is 5.32 Å². The number of amides is 1. The van der Waals surface area contributed by atoms with Crippen LogP contribution in [0.3, 0.4) is 0 Å². The van der Waals surface area contributed by atoms with E-state index in [9.17, 15) is 4.79 Å². The molecule has 2 aromatic rings. The minimum atomic E-state index is -0.361. The Morgan fingerprint density at radius 2 is 1.68 bits per heavy atom. The van der Waals surface area contributed by atoms with Gasteiger partial charge in [0.15, 0.2) is 0 Å². The predicted molar refractivity (Wildman–Crippen MR) is 84.3 cm³/mol. The van der Waals surface area contributed by atoms with Crippen LogP contribution in [0.5, 0.6) is 11.5 Å². The van der Waals surface area contributed by atoms with E-state index < -0.39 is 0 Å². The number of hydrogen-bond donors (Lipinski definition) is 1. The van der Waals surface area contributed by atoms with Crippen LogP contribution >= 0.6 is 0 Å². The molecule has 22 heavy (non-hydrogen) atoms. The number of carbonyl (C=O) groups is 1. The average molecular weight is 297 g/mol. The van der Waals surface area contributed by atoms with Crippen molar-refractivity contribution >= 4 is 5.91 Å². The average Bonchev–Trinajstić information content (AvgIpc) is 2.52. The van der Waals surface area contributed by atoms with Crippen molar-refractivity contribution in [2.75, 3.05) is 13.7 Å². The number of methoxy groups -OCH3 is 1. The first-order chi connectivity index (χ1) is 10.7. The molecule has 0 aliphatic carbocycles. The second kappa shape index (κ2) is 6.20. The fourth-order valence-electron chi connectivity index (χ4n) is 2.81. The molecule has 1 amide bonds. The van der Waals surface area contributed by atoms with Crippen molar-refractivity contribution in [3.8, 4) is 11.5 Å². The van der Waals surface area contributed by atoms with Crippen molar-refractivity contribution in [3.05, 3.63) is 59.7 Å². The van der Waals surface area contributed by atoms with Crippen molar-refractivity contribution in [3.63, 3.8) is 0 Å². The molecule has 1 aliphatic heterocycles. The number of carbonyl (C=O) groups excluding carboxylic acids is 1. The molecule has 0 spiro atoms. The molecule has 2 aromatic carbocycles. The van der Waals surface area contributed by atoms with Crippen molar-refractivity contribution in [2.24, 2.45) is 0 Å². The maximum Gasteiger partial charge on any atom is 0.232 e. The summed E-state index contributed by atoms with van der Waals surface area (Å²) >= 11 is 0. The highest BCUT2D eigenvalue weighted by Crippen LogP contribution is 2.43. The Morgan fingerprint density at radius 3 is 2.23 bits per heavy atom. The number of nitrogens with one attached hydrogen (secondary N) is 1. The van der Waals surface area contributed by atoms with E-state index in [0.717, 1.165) is 22.6 Å². The van der Waals surface area contributed by atoms with Gasteiger partial charge in [-0.2, -0.15) is 0 Å². The van der Waals surface area contributed by atoms with E-state index in [0.29, 0.717) is 6.61 Å². The van der Waals surface area contributed by atoms with Gasteiger partial charge in [-0.15, -0.1) is 0 Å². The third kappa shape index (κ3) is 2.70. The summed E-state index contributed by atoms with van der Waals surface area (Å²) in [6.07, 6.45) is 0. The van der Waals surface area contributed by atoms with Crippen LogP contribution < -0.4 is 10.1 Å². The van der Waals surface area contributed by atoms with E-state index >= 15 is 0 Å². The summed E-state index contributed by atoms with van der Waals surface area (Å²) in [6.45, 7) is 2.41. The predicted octanol–water partition coefficient (Wildman–Crippen LogP) is 3.08. The van der Waals surface area contributed by atoms with Crippen molar-refractivity contribution < 1.29 is 14.3 Å². The fourth-order valence-corrected chi connectivity index (χ4v) is 2.81. The number of benzene rings is 2. The summed E-state index contributed by atoms with van der Waals surface area (Å²) in [4.78, 5) is 12.8. The molecule has 1 heterocycles. The van der Waals surface area contributed by atoms with Gasteiger partial charge >= 0.3 is 0 Å². The van der Waals surface area contributed by atoms with Gasteiger partial charge in [0.25, 0.3) is 0 Å². The largest absolute Gasteiger partial charge is 0.457 e. The summed E-state index contributed by atoms with van der Waals surface area (Å²) in [5.41, 5.74) is 1.78. The van der Waals surface area contributed by atoms with Gasteiger partial charge in [-0.05, 0) is 19.1 Å². The lowest BCUT2D eigenvalue weighted by Crippen LogP contribution is -2.39. The lowest BCUT2D eigenvalue weighted by molar-refractivity contribution is -0.122. The van der Waals surface area contributed by atoms with Crippen LogP contribution in [0, 0.1) is 0 Å². The minimum absolute atomic E-state index is 0.0345. The summed E-state index contributed by atoms with van der Waals surface area (Å²) in [5.74, 6) is 1.08. The highest BCUT2D eigenvalue weighted by atomic mass is 16.5. The Morgan fingerprint density at radius 1 is 1.14 bits per heavy atom. The van der Waals surface area contributed by atoms with Gasteiger partial charge in [0.1, 0.15) is 11.5 Å². The van der Waals surface area contributed by atoms with E-state index in [1.54, 1.807) is 7.11 Å². The van der Waals surface area contributed by atoms with Crippen molar-refractivity contribution in [1.82, 2.24) is 5.32 Å². The molecule has 0 radical (unpaired) electrons. The van der Waals surface area contributed by atoms with Crippen LogP contribution in [0.15, 0.2) is 48.5 Å². The minimum Gasteiger partial charge on any atom is -0.457 e. The van der Waals surface area contributed by atoms with Crippen LogP contribution in [-0.4, -0.2) is 25.7 Å². The summed E-state index contributed by atoms with van der Waals surface area (Å²) < 4.78 is 11.0. The van der Waals surface area contributed by atoms with Gasteiger partial charge in [0, 0.05) is 24.3 Å². The normalized spacial score (nSPS) is 14.5. The Bertz CT molecular complexity index is 638. The third-order valence-corrected chi connectivity index (χ3v) is 3.75. The van der Waals surface area contributed by atoms with Crippen LogP contribution in [0.2, 0.25) is 0 Å². The second-order valence-corrected chi connectivity index (χ2v) is 5.48. The smallest absolute Gasteiger partial charge is 0.232 e. The summed E-state index contributed by atoms with van der Waals surface area (Å²) in [5, 5.41) is 3.01. The number of fused-ring (bicyclic) bond motifs is 2. The zero-order valence-electron chi connectivity index (χ0n) is 12.7. The van der Waals surface area contributed by atoms with Crippen LogP contribution in [0.25, 0.3) is 0 Å². The van der Waals surface area contributed by atoms with Gasteiger partial charge < -0.3 is 14.8 Å². The van der Waals surface area contributed by atoms with Crippen LogP contribution in [-0.2, 0) is 9.53 Å². The van der Waals surface area contributed by atoms with Gasteiger partial charge in [0.2, 0.25) is 5.91 Å². The fraction of sp³-hybridized carbons (Fsp3) is 0.278. The Balaban J connectivity index is 1.97. The van der Waals surface area contributed by atoms with Gasteiger partial charge in [0.05, 0.1) is 12.5 Å². The quantitative estimate of drug-likeness (QED) is 0.943. The molecule has 0 fully saturated rings. The standard InChI is InChI=1S/C18H19NO3/c1-12(11-21-2)19-18(20)17-13-7-3-5-9-15(13)22-16-10-6-4-8-14(16)17/h3-10,12,17H,11H2,1-2H3,(H,19,20)/t12-/m1/s1. The molecule has 3 rings (SSSR count). The maximum absolute atomic E-state index is 12.8. The Kier molecular flexibility index (Phi) is 4.11. The molecule has 114 valence electrons. The van der Waals surface area contributed by atoms with Crippen molar-refractivity contribution in [1.29, 1.82) is 0 Å². The van der Waals surface area contributed by atoms with E-state index in [4.69, 9.17) is 9.47 Å². The van der Waals surface area contributed by atoms with Crippen molar-refractivity contribution in [2.45, 2.75) is 18.9 Å². The molecule has 0 saturated heterocycles. The zero-order valence-corrected chi connectivity index (χ0v) is 12.7. The highest BCUT2D eigenvalue weighted by molar-refractivity contribution is 5.89. The molecule has 1 aliphatic rings. The maximum atomic E-state index is 12.8. The van der Waals surface area contributed by atoms with Gasteiger partial charge in [-0.25, -0.2) is 0 Å². The molecule has 1 atom stereocenters. The number of rotatable bonds is 4. The zero-order chi connectivity index (χ0) is 15.5. The number of para-hydroxylation sites is 2. The number of ether oxygens (including phenoxy) is 2. The lowest BCUT2D eigenvalue weighted by Gasteiger charge is -2.28. The lowest BCUT2D eigenvalue weighted by atomic mass is 9.87. The van der Waals surface area contributed by atoms with Crippen LogP contribution in [0.1, 0.15) is 24.0 Å². The molecule has 0 unspecified atom stereocenters. The first-order valence-corrected chi connectivity index (χ1v) is 7.35. The third-order valence-electron chi connectivity index (χ3n) is 3.75. The Labute approximate surface area is 130 Å². The van der Waals surface area contributed by atoms with E-state index in [1.165, 1.54) is 0 Å². The summed E-state index contributed by atoms with van der Waals surface area (Å²) in [6, 6.07) is 15.3. The topological polar surface area (TPSA) is 47.6 Å². The van der Waals surface area contributed by atoms with Crippen LogP contribution in [0.4, 0.5) is 0 Å². The monoisotopic (exact) mass is 297 g/mol. The first-order valence-electron chi connectivity index (χ1n) is 7.35. The molecule has 1 N–H and O–H groups in total. The SMILES string of the molecule is COC[C@@H](C)NC(=O)C1c2ccccc2Oc2ccccc21. The second-order valence-electron chi connectivity index (χ2n) is 5.48. The molecule has 4 nitrogen and oxygen atoms in total. The number of hydrogen-bond acceptors (Lipinski definition) is 3. The molecular formula is C18H19NO3. The molecule has 0 saturated carbocycles. The molecule has 0 bridgehead atoms. The van der Waals surface area contributed by atoms with Gasteiger partial charge in [-0.1, -0.05) is 36.4 Å².